The lowest BCUT2D eigenvalue weighted by atomic mass is 10.1. The van der Waals surface area contributed by atoms with Crippen LogP contribution in [0.5, 0.6) is 0 Å². The number of allylic oxidation sites excluding steroid dienone is 2. The summed E-state index contributed by atoms with van der Waals surface area (Å²) in [5.41, 5.74) is 4.48. The van der Waals surface area contributed by atoms with E-state index in [1.54, 1.807) is 0 Å². The molecule has 4 heteroatoms. The SMILES string of the molecule is CC1=CC(c2ccc3c(cnn3C)c2)=NCN1. The van der Waals surface area contributed by atoms with Gasteiger partial charge in [-0.15, -0.1) is 0 Å². The number of nitrogens with zero attached hydrogens (tertiary/aromatic N) is 3. The van der Waals surface area contributed by atoms with E-state index in [1.165, 1.54) is 0 Å². The molecular weight excluding hydrogens is 212 g/mol. The molecule has 0 aliphatic carbocycles. The van der Waals surface area contributed by atoms with Gasteiger partial charge in [-0.3, -0.25) is 9.67 Å². The molecule has 0 amide bonds. The topological polar surface area (TPSA) is 42.2 Å². The summed E-state index contributed by atoms with van der Waals surface area (Å²) >= 11 is 0. The van der Waals surface area contributed by atoms with E-state index in [0.29, 0.717) is 6.67 Å². The Morgan fingerprint density at radius 2 is 2.24 bits per heavy atom. The Labute approximate surface area is 99.7 Å². The van der Waals surface area contributed by atoms with E-state index in [-0.39, 0.29) is 0 Å². The smallest absolute Gasteiger partial charge is 0.108 e. The summed E-state index contributed by atoms with van der Waals surface area (Å²) in [6.07, 6.45) is 3.96. The summed E-state index contributed by atoms with van der Waals surface area (Å²) in [6.45, 7) is 2.71. The van der Waals surface area contributed by atoms with Crippen molar-refractivity contribution in [1.82, 2.24) is 15.1 Å². The maximum atomic E-state index is 4.47. The van der Waals surface area contributed by atoms with Crippen molar-refractivity contribution in [2.45, 2.75) is 6.92 Å². The monoisotopic (exact) mass is 226 g/mol. The molecule has 1 N–H and O–H groups in total. The van der Waals surface area contributed by atoms with Crippen LogP contribution < -0.4 is 5.32 Å². The van der Waals surface area contributed by atoms with Gasteiger partial charge in [0.05, 0.1) is 17.4 Å². The molecule has 0 radical (unpaired) electrons. The number of hydrogen-bond acceptors (Lipinski definition) is 3. The normalized spacial score (nSPS) is 15.4. The minimum atomic E-state index is 0.655. The molecule has 1 aromatic heterocycles. The van der Waals surface area contributed by atoms with Crippen LogP contribution in [0.4, 0.5) is 0 Å². The third-order valence-electron chi connectivity index (χ3n) is 3.00. The predicted molar refractivity (Wildman–Crippen MR) is 69.0 cm³/mol. The molecule has 0 saturated carbocycles. The maximum Gasteiger partial charge on any atom is 0.108 e. The fourth-order valence-corrected chi connectivity index (χ4v) is 2.05. The van der Waals surface area contributed by atoms with Crippen LogP contribution in [0.15, 0.2) is 41.2 Å². The average molecular weight is 226 g/mol. The van der Waals surface area contributed by atoms with Gasteiger partial charge in [0.2, 0.25) is 0 Å². The van der Waals surface area contributed by atoms with E-state index in [1.807, 2.05) is 17.9 Å². The molecule has 1 aliphatic heterocycles. The van der Waals surface area contributed by atoms with E-state index >= 15 is 0 Å². The van der Waals surface area contributed by atoms with Gasteiger partial charge < -0.3 is 5.32 Å². The van der Waals surface area contributed by atoms with Gasteiger partial charge in [-0.2, -0.15) is 5.10 Å². The van der Waals surface area contributed by atoms with E-state index in [9.17, 15) is 0 Å². The van der Waals surface area contributed by atoms with Crippen molar-refractivity contribution in [3.05, 3.63) is 41.7 Å². The highest BCUT2D eigenvalue weighted by Gasteiger charge is 2.07. The molecular formula is C13H14N4. The lowest BCUT2D eigenvalue weighted by molar-refractivity contribution is 0.797. The lowest BCUT2D eigenvalue weighted by Crippen LogP contribution is -2.19. The van der Waals surface area contributed by atoms with Crippen LogP contribution in [0, 0.1) is 0 Å². The summed E-state index contributed by atoms with van der Waals surface area (Å²) in [6, 6.07) is 6.32. The predicted octanol–water partition coefficient (Wildman–Crippen LogP) is 1.83. The van der Waals surface area contributed by atoms with Crippen LogP contribution in [0.25, 0.3) is 10.9 Å². The molecule has 2 aromatic rings. The van der Waals surface area contributed by atoms with Gasteiger partial charge in [-0.05, 0) is 25.1 Å². The first-order valence-electron chi connectivity index (χ1n) is 5.63. The van der Waals surface area contributed by atoms with Crippen molar-refractivity contribution in [3.63, 3.8) is 0 Å². The number of hydrogen-bond donors (Lipinski definition) is 1. The first-order chi connectivity index (χ1) is 8.24. The molecule has 4 nitrogen and oxygen atoms in total. The molecule has 0 bridgehead atoms. The maximum absolute atomic E-state index is 4.47. The number of fused-ring (bicyclic) bond motifs is 1. The van der Waals surface area contributed by atoms with Crippen molar-refractivity contribution in [2.75, 3.05) is 6.67 Å². The molecule has 2 heterocycles. The van der Waals surface area contributed by atoms with Crippen LogP contribution in [0.2, 0.25) is 0 Å². The zero-order valence-corrected chi connectivity index (χ0v) is 9.94. The number of rotatable bonds is 1. The van der Waals surface area contributed by atoms with Gasteiger partial charge in [0.25, 0.3) is 0 Å². The Morgan fingerprint density at radius 1 is 1.35 bits per heavy atom. The third kappa shape index (κ3) is 1.71. The first-order valence-corrected chi connectivity index (χ1v) is 5.63. The summed E-state index contributed by atoms with van der Waals surface area (Å²) < 4.78 is 1.88. The van der Waals surface area contributed by atoms with E-state index in [2.05, 4.69) is 46.6 Å². The van der Waals surface area contributed by atoms with Gasteiger partial charge in [0.1, 0.15) is 6.67 Å². The molecule has 86 valence electrons. The Balaban J connectivity index is 2.09. The number of nitrogens with one attached hydrogen (secondary N) is 1. The van der Waals surface area contributed by atoms with Crippen LogP contribution in [-0.2, 0) is 7.05 Å². The second kappa shape index (κ2) is 3.73. The Kier molecular flexibility index (Phi) is 2.21. The summed E-state index contributed by atoms with van der Waals surface area (Å²) in [4.78, 5) is 4.47. The molecule has 0 saturated heterocycles. The Hall–Kier alpha value is -2.10. The number of aliphatic imine (C=N–C) groups is 1. The van der Waals surface area contributed by atoms with Crippen LogP contribution in [0.1, 0.15) is 12.5 Å². The van der Waals surface area contributed by atoms with Gasteiger partial charge in [-0.1, -0.05) is 6.07 Å². The summed E-state index contributed by atoms with van der Waals surface area (Å²) in [7, 11) is 1.95. The van der Waals surface area contributed by atoms with Gasteiger partial charge in [-0.25, -0.2) is 0 Å². The summed E-state index contributed by atoms with van der Waals surface area (Å²) in [5.74, 6) is 0. The van der Waals surface area contributed by atoms with E-state index in [4.69, 9.17) is 0 Å². The minimum Gasteiger partial charge on any atom is -0.370 e. The average Bonchev–Trinajstić information content (AvgIpc) is 2.71. The molecule has 1 aromatic carbocycles. The molecule has 0 fully saturated rings. The lowest BCUT2D eigenvalue weighted by Gasteiger charge is -2.12. The highest BCUT2D eigenvalue weighted by molar-refractivity contribution is 6.10. The molecule has 0 unspecified atom stereocenters. The Bertz CT molecular complexity index is 634. The van der Waals surface area contributed by atoms with Crippen LogP contribution in [-0.4, -0.2) is 22.2 Å². The standard InChI is InChI=1S/C13H14N4/c1-9-5-12(15-8-14-9)10-3-4-13-11(6-10)7-16-17(13)2/h3-7,14H,8H2,1-2H3. The molecule has 0 spiro atoms. The van der Waals surface area contributed by atoms with Crippen molar-refractivity contribution in [1.29, 1.82) is 0 Å². The quantitative estimate of drug-likeness (QED) is 0.806. The van der Waals surface area contributed by atoms with Crippen molar-refractivity contribution in [2.24, 2.45) is 12.0 Å². The number of aryl methyl sites for hydroxylation is 1. The highest BCUT2D eigenvalue weighted by atomic mass is 15.2. The van der Waals surface area contributed by atoms with Crippen molar-refractivity contribution >= 4 is 16.6 Å². The molecule has 0 atom stereocenters. The van der Waals surface area contributed by atoms with Gasteiger partial charge in [0.15, 0.2) is 0 Å². The van der Waals surface area contributed by atoms with Gasteiger partial charge in [0, 0.05) is 23.7 Å². The van der Waals surface area contributed by atoms with Crippen molar-refractivity contribution in [3.8, 4) is 0 Å². The molecule has 17 heavy (non-hydrogen) atoms. The van der Waals surface area contributed by atoms with E-state index in [0.717, 1.165) is 27.9 Å². The largest absolute Gasteiger partial charge is 0.370 e. The first kappa shape index (κ1) is 10.1. The fourth-order valence-electron chi connectivity index (χ4n) is 2.05. The van der Waals surface area contributed by atoms with Crippen LogP contribution >= 0.6 is 0 Å². The summed E-state index contributed by atoms with van der Waals surface area (Å²) in [5, 5.41) is 8.58. The second-order valence-electron chi connectivity index (χ2n) is 4.25. The zero-order chi connectivity index (χ0) is 11.8. The zero-order valence-electron chi connectivity index (χ0n) is 9.94. The fraction of sp³-hybridized carbons (Fsp3) is 0.231. The number of benzene rings is 1. The van der Waals surface area contributed by atoms with E-state index < -0.39 is 0 Å². The molecule has 3 rings (SSSR count). The Morgan fingerprint density at radius 3 is 3.06 bits per heavy atom. The van der Waals surface area contributed by atoms with Gasteiger partial charge >= 0.3 is 0 Å². The minimum absolute atomic E-state index is 0.655. The highest BCUT2D eigenvalue weighted by Crippen LogP contribution is 2.17. The third-order valence-corrected chi connectivity index (χ3v) is 3.00. The van der Waals surface area contributed by atoms with Crippen molar-refractivity contribution < 1.29 is 0 Å². The second-order valence-corrected chi connectivity index (χ2v) is 4.25. The number of aromatic nitrogens is 2. The molecule has 1 aliphatic rings. The van der Waals surface area contributed by atoms with Crippen LogP contribution in [0.3, 0.4) is 0 Å².